The van der Waals surface area contributed by atoms with Crippen LogP contribution in [0.3, 0.4) is 0 Å². The molecule has 1 fully saturated rings. The second-order valence-electron chi connectivity index (χ2n) is 6.73. The van der Waals surface area contributed by atoms with Crippen LogP contribution in [0, 0.1) is 0 Å². The number of carbonyl (C=O) groups is 2. The lowest BCUT2D eigenvalue weighted by molar-refractivity contribution is -0.161. The Hall–Kier alpha value is -0.900. The molecule has 0 aromatic carbocycles. The molecule has 1 aliphatic rings. The van der Waals surface area contributed by atoms with Crippen molar-refractivity contribution < 1.29 is 14.3 Å². The van der Waals surface area contributed by atoms with Crippen molar-refractivity contribution in [1.82, 2.24) is 5.32 Å². The van der Waals surface area contributed by atoms with Gasteiger partial charge in [-0.2, -0.15) is 0 Å². The summed E-state index contributed by atoms with van der Waals surface area (Å²) < 4.78 is 4.89. The van der Waals surface area contributed by atoms with Gasteiger partial charge >= 0.3 is 11.9 Å². The number of hydrogen-bond acceptors (Lipinski definition) is 4. The first-order valence-electron chi connectivity index (χ1n) is 9.72. The standard InChI is InChI=1S/C19H35NO3/c1-2-3-4-5-6-7-8-9-10-11-12-15-18(21)23-19(22)17-14-13-16-20-17/h17,20H,2-16H2,1H3/t17-/m0/s1. The molecule has 0 unspecified atom stereocenters. The number of rotatable bonds is 13. The summed E-state index contributed by atoms with van der Waals surface area (Å²) in [7, 11) is 0. The van der Waals surface area contributed by atoms with Gasteiger partial charge in [-0.1, -0.05) is 71.1 Å². The molecule has 134 valence electrons. The van der Waals surface area contributed by atoms with Crippen LogP contribution in [0.1, 0.15) is 96.8 Å². The van der Waals surface area contributed by atoms with Crippen molar-refractivity contribution in [2.45, 2.75) is 103 Å². The van der Waals surface area contributed by atoms with E-state index >= 15 is 0 Å². The predicted molar refractivity (Wildman–Crippen MR) is 93.2 cm³/mol. The van der Waals surface area contributed by atoms with Crippen molar-refractivity contribution in [2.75, 3.05) is 6.54 Å². The molecule has 0 radical (unpaired) electrons. The summed E-state index contributed by atoms with van der Waals surface area (Å²) in [6.07, 6.45) is 15.9. The zero-order valence-electron chi connectivity index (χ0n) is 14.9. The molecule has 1 rings (SSSR count). The van der Waals surface area contributed by atoms with E-state index in [0.717, 1.165) is 32.2 Å². The minimum atomic E-state index is -0.393. The lowest BCUT2D eigenvalue weighted by Gasteiger charge is -2.08. The number of esters is 2. The summed E-state index contributed by atoms with van der Waals surface area (Å²) in [5.41, 5.74) is 0. The third kappa shape index (κ3) is 10.5. The Bertz CT molecular complexity index is 325. The number of ether oxygens (including phenoxy) is 1. The molecular weight excluding hydrogens is 290 g/mol. The lowest BCUT2D eigenvalue weighted by Crippen LogP contribution is -2.33. The van der Waals surface area contributed by atoms with Crippen molar-refractivity contribution in [3.63, 3.8) is 0 Å². The smallest absolute Gasteiger partial charge is 0.330 e. The van der Waals surface area contributed by atoms with Crippen LogP contribution in [0.5, 0.6) is 0 Å². The minimum absolute atomic E-state index is 0.267. The van der Waals surface area contributed by atoms with Crippen LogP contribution in [0.15, 0.2) is 0 Å². The van der Waals surface area contributed by atoms with E-state index < -0.39 is 5.97 Å². The first-order valence-corrected chi connectivity index (χ1v) is 9.72. The van der Waals surface area contributed by atoms with E-state index in [2.05, 4.69) is 12.2 Å². The fraction of sp³-hybridized carbons (Fsp3) is 0.895. The zero-order chi connectivity index (χ0) is 16.8. The first-order chi connectivity index (χ1) is 11.2. The normalized spacial score (nSPS) is 17.3. The Balaban J connectivity index is 1.84. The Morgan fingerprint density at radius 1 is 0.913 bits per heavy atom. The molecular formula is C19H35NO3. The molecule has 4 heteroatoms. The van der Waals surface area contributed by atoms with Crippen LogP contribution in [-0.2, 0) is 14.3 Å². The molecule has 0 amide bonds. The molecule has 4 nitrogen and oxygen atoms in total. The van der Waals surface area contributed by atoms with Crippen LogP contribution >= 0.6 is 0 Å². The highest BCUT2D eigenvalue weighted by Crippen LogP contribution is 2.12. The maximum atomic E-state index is 11.7. The summed E-state index contributed by atoms with van der Waals surface area (Å²) in [6, 6.07) is -0.267. The molecule has 1 N–H and O–H groups in total. The highest BCUT2D eigenvalue weighted by molar-refractivity contribution is 5.88. The molecule has 23 heavy (non-hydrogen) atoms. The summed E-state index contributed by atoms with van der Waals surface area (Å²) in [4.78, 5) is 23.3. The predicted octanol–water partition coefficient (Wildman–Crippen LogP) is 4.51. The third-order valence-corrected chi connectivity index (χ3v) is 4.54. The number of nitrogens with one attached hydrogen (secondary N) is 1. The Labute approximate surface area is 141 Å². The zero-order valence-corrected chi connectivity index (χ0v) is 14.9. The molecule has 0 spiro atoms. The average Bonchev–Trinajstić information content (AvgIpc) is 3.07. The Morgan fingerprint density at radius 3 is 2.00 bits per heavy atom. The molecule has 1 saturated heterocycles. The van der Waals surface area contributed by atoms with Crippen LogP contribution in [0.25, 0.3) is 0 Å². The first kappa shape index (κ1) is 20.1. The van der Waals surface area contributed by atoms with E-state index in [1.54, 1.807) is 0 Å². The highest BCUT2D eigenvalue weighted by Gasteiger charge is 2.25. The summed E-state index contributed by atoms with van der Waals surface area (Å²) in [5, 5.41) is 3.05. The van der Waals surface area contributed by atoms with E-state index in [1.165, 1.54) is 57.8 Å². The monoisotopic (exact) mass is 325 g/mol. The maximum Gasteiger partial charge on any atom is 0.330 e. The molecule has 1 aliphatic heterocycles. The van der Waals surface area contributed by atoms with Gasteiger partial charge in [0.05, 0.1) is 0 Å². The van der Waals surface area contributed by atoms with E-state index in [-0.39, 0.29) is 12.0 Å². The third-order valence-electron chi connectivity index (χ3n) is 4.54. The Morgan fingerprint density at radius 2 is 1.48 bits per heavy atom. The fourth-order valence-electron chi connectivity index (χ4n) is 3.05. The van der Waals surface area contributed by atoms with Gasteiger partial charge in [-0.25, -0.2) is 4.79 Å². The molecule has 0 bridgehead atoms. The van der Waals surface area contributed by atoms with Crippen molar-refractivity contribution >= 4 is 11.9 Å². The second-order valence-corrected chi connectivity index (χ2v) is 6.73. The van der Waals surface area contributed by atoms with Gasteiger partial charge in [-0.3, -0.25) is 4.79 Å². The van der Waals surface area contributed by atoms with Gasteiger partial charge in [0.15, 0.2) is 0 Å². The van der Waals surface area contributed by atoms with Crippen LogP contribution in [-0.4, -0.2) is 24.5 Å². The van der Waals surface area contributed by atoms with E-state index in [4.69, 9.17) is 4.74 Å². The summed E-state index contributed by atoms with van der Waals surface area (Å²) >= 11 is 0. The number of carbonyl (C=O) groups excluding carboxylic acids is 2. The molecule has 1 atom stereocenters. The van der Waals surface area contributed by atoms with Gasteiger partial charge < -0.3 is 10.1 Å². The minimum Gasteiger partial charge on any atom is -0.392 e. The number of hydrogen-bond donors (Lipinski definition) is 1. The van der Waals surface area contributed by atoms with Crippen LogP contribution < -0.4 is 5.32 Å². The summed E-state index contributed by atoms with van der Waals surface area (Å²) in [6.45, 7) is 3.09. The summed E-state index contributed by atoms with van der Waals surface area (Å²) in [5.74, 6) is -0.754. The molecule has 0 saturated carbocycles. The van der Waals surface area contributed by atoms with Crippen molar-refractivity contribution in [3.05, 3.63) is 0 Å². The Kier molecular flexibility index (Phi) is 11.9. The average molecular weight is 325 g/mol. The topological polar surface area (TPSA) is 55.4 Å². The van der Waals surface area contributed by atoms with E-state index in [0.29, 0.717) is 6.42 Å². The van der Waals surface area contributed by atoms with Crippen molar-refractivity contribution in [2.24, 2.45) is 0 Å². The lowest BCUT2D eigenvalue weighted by atomic mass is 10.1. The molecule has 0 aliphatic carbocycles. The SMILES string of the molecule is CCCCCCCCCCCCCC(=O)OC(=O)[C@@H]1CCCN1. The van der Waals surface area contributed by atoms with Gasteiger partial charge in [-0.15, -0.1) is 0 Å². The van der Waals surface area contributed by atoms with Crippen LogP contribution in [0.2, 0.25) is 0 Å². The van der Waals surface area contributed by atoms with Gasteiger partial charge in [0, 0.05) is 6.42 Å². The fourth-order valence-corrected chi connectivity index (χ4v) is 3.05. The highest BCUT2D eigenvalue weighted by atomic mass is 16.6. The molecule has 0 aromatic rings. The molecule has 1 heterocycles. The number of unbranched alkanes of at least 4 members (excludes halogenated alkanes) is 10. The quantitative estimate of drug-likeness (QED) is 0.307. The van der Waals surface area contributed by atoms with Gasteiger partial charge in [0.2, 0.25) is 0 Å². The van der Waals surface area contributed by atoms with Crippen molar-refractivity contribution in [1.29, 1.82) is 0 Å². The van der Waals surface area contributed by atoms with Crippen molar-refractivity contribution in [3.8, 4) is 0 Å². The second kappa shape index (κ2) is 13.5. The van der Waals surface area contributed by atoms with Crippen LogP contribution in [0.4, 0.5) is 0 Å². The van der Waals surface area contributed by atoms with Gasteiger partial charge in [-0.05, 0) is 25.8 Å². The molecule has 0 aromatic heterocycles. The largest absolute Gasteiger partial charge is 0.392 e. The van der Waals surface area contributed by atoms with E-state index in [9.17, 15) is 9.59 Å². The van der Waals surface area contributed by atoms with E-state index in [1.807, 2.05) is 0 Å². The van der Waals surface area contributed by atoms with Gasteiger partial charge in [0.25, 0.3) is 0 Å². The van der Waals surface area contributed by atoms with Gasteiger partial charge in [0.1, 0.15) is 6.04 Å². The maximum absolute atomic E-state index is 11.7.